The Morgan fingerprint density at radius 1 is 1.33 bits per heavy atom. The van der Waals surface area contributed by atoms with Gasteiger partial charge in [-0.05, 0) is 24.6 Å². The molecule has 2 N–H and O–H groups in total. The minimum Gasteiger partial charge on any atom is -0.497 e. The number of aliphatic hydroxyl groups is 2. The Bertz CT molecular complexity index is 351. The Morgan fingerprint density at radius 2 is 1.94 bits per heavy atom. The highest BCUT2D eigenvalue weighted by molar-refractivity contribution is 5.26. The normalized spacial score (nSPS) is 16.1. The van der Waals surface area contributed by atoms with Crippen molar-refractivity contribution in [3.05, 3.63) is 29.8 Å². The summed E-state index contributed by atoms with van der Waals surface area (Å²) in [5.74, 6) is 0.746. The zero-order valence-corrected chi connectivity index (χ0v) is 10.6. The van der Waals surface area contributed by atoms with Crippen molar-refractivity contribution in [1.82, 2.24) is 0 Å². The van der Waals surface area contributed by atoms with E-state index in [1.54, 1.807) is 19.2 Å². The van der Waals surface area contributed by atoms with Crippen LogP contribution >= 0.6 is 0 Å². The first kappa shape index (κ1) is 14.9. The van der Waals surface area contributed by atoms with E-state index in [2.05, 4.69) is 0 Å². The first-order valence-electron chi connectivity index (χ1n) is 5.68. The summed E-state index contributed by atoms with van der Waals surface area (Å²) in [6.07, 6.45) is -1.35. The molecule has 102 valence electrons. The van der Waals surface area contributed by atoms with Crippen molar-refractivity contribution >= 4 is 0 Å². The maximum Gasteiger partial charge on any atom is 0.159 e. The molecule has 18 heavy (non-hydrogen) atoms. The Kier molecular flexibility index (Phi) is 5.53. The van der Waals surface area contributed by atoms with Gasteiger partial charge in [0, 0.05) is 0 Å². The molecule has 0 bridgehead atoms. The van der Waals surface area contributed by atoms with Crippen LogP contribution in [-0.2, 0) is 11.3 Å². The number of hydrogen-bond donors (Lipinski definition) is 2. The third kappa shape index (κ3) is 4.25. The second-order valence-corrected chi connectivity index (χ2v) is 4.32. The van der Waals surface area contributed by atoms with E-state index in [0.29, 0.717) is 0 Å². The summed E-state index contributed by atoms with van der Waals surface area (Å²) in [6, 6.07) is 7.24. The summed E-state index contributed by atoms with van der Waals surface area (Å²) >= 11 is 0. The van der Waals surface area contributed by atoms with Gasteiger partial charge in [-0.25, -0.2) is 4.39 Å². The van der Waals surface area contributed by atoms with E-state index in [9.17, 15) is 9.50 Å². The summed E-state index contributed by atoms with van der Waals surface area (Å²) in [4.78, 5) is 0. The lowest BCUT2D eigenvalue weighted by Gasteiger charge is -2.23. The lowest BCUT2D eigenvalue weighted by atomic mass is 10.0. The Morgan fingerprint density at radius 3 is 2.44 bits per heavy atom. The molecule has 0 heterocycles. The predicted molar refractivity (Wildman–Crippen MR) is 65.3 cm³/mol. The zero-order valence-electron chi connectivity index (χ0n) is 10.6. The van der Waals surface area contributed by atoms with E-state index in [1.807, 2.05) is 12.1 Å². The van der Waals surface area contributed by atoms with Gasteiger partial charge in [-0.15, -0.1) is 0 Å². The molecular formula is C13H19FO4. The van der Waals surface area contributed by atoms with Crippen LogP contribution in [0.2, 0.25) is 0 Å². The molecule has 0 saturated carbocycles. The summed E-state index contributed by atoms with van der Waals surface area (Å²) in [7, 11) is 1.58. The van der Waals surface area contributed by atoms with Crippen LogP contribution in [0.3, 0.4) is 0 Å². The van der Waals surface area contributed by atoms with E-state index >= 15 is 0 Å². The number of benzene rings is 1. The van der Waals surface area contributed by atoms with Crippen LogP contribution in [0.25, 0.3) is 0 Å². The van der Waals surface area contributed by atoms with Crippen molar-refractivity contribution in [2.75, 3.05) is 20.3 Å². The highest BCUT2D eigenvalue weighted by Gasteiger charge is 2.32. The third-order valence-electron chi connectivity index (χ3n) is 2.71. The number of alkyl halides is 1. The minimum atomic E-state index is -2.04. The monoisotopic (exact) mass is 258 g/mol. The molecule has 0 spiro atoms. The molecule has 2 atom stereocenters. The van der Waals surface area contributed by atoms with Crippen molar-refractivity contribution in [2.45, 2.75) is 25.3 Å². The second-order valence-electron chi connectivity index (χ2n) is 4.32. The van der Waals surface area contributed by atoms with Crippen molar-refractivity contribution < 1.29 is 24.1 Å². The van der Waals surface area contributed by atoms with Crippen LogP contribution in [0.1, 0.15) is 12.5 Å². The molecule has 1 aromatic carbocycles. The molecule has 1 rings (SSSR count). The SMILES string of the molecule is COc1ccc(COCC(O)C(C)(F)CO)cc1. The highest BCUT2D eigenvalue weighted by Crippen LogP contribution is 2.16. The fraction of sp³-hybridized carbons (Fsp3) is 0.538. The van der Waals surface area contributed by atoms with Gasteiger partial charge >= 0.3 is 0 Å². The number of ether oxygens (including phenoxy) is 2. The summed E-state index contributed by atoms with van der Waals surface area (Å²) in [5, 5.41) is 18.2. The van der Waals surface area contributed by atoms with Crippen LogP contribution in [-0.4, -0.2) is 42.3 Å². The number of methoxy groups -OCH3 is 1. The summed E-state index contributed by atoms with van der Waals surface area (Å²) in [5.41, 5.74) is -1.15. The molecule has 5 heteroatoms. The molecule has 4 nitrogen and oxygen atoms in total. The molecular weight excluding hydrogens is 239 g/mol. The largest absolute Gasteiger partial charge is 0.497 e. The molecule has 0 aliphatic heterocycles. The van der Waals surface area contributed by atoms with Gasteiger partial charge in [0.05, 0.1) is 26.9 Å². The second kappa shape index (κ2) is 6.68. The number of rotatable bonds is 7. The Hall–Kier alpha value is -1.17. The smallest absolute Gasteiger partial charge is 0.159 e. The van der Waals surface area contributed by atoms with Gasteiger partial charge in [-0.1, -0.05) is 12.1 Å². The highest BCUT2D eigenvalue weighted by atomic mass is 19.1. The predicted octanol–water partition coefficient (Wildman–Crippen LogP) is 1.29. The van der Waals surface area contributed by atoms with Crippen molar-refractivity contribution in [3.63, 3.8) is 0 Å². The molecule has 1 aromatic rings. The van der Waals surface area contributed by atoms with Gasteiger partial charge in [-0.3, -0.25) is 0 Å². The fourth-order valence-corrected chi connectivity index (χ4v) is 1.29. The first-order chi connectivity index (χ1) is 8.49. The maximum absolute atomic E-state index is 13.4. The minimum absolute atomic E-state index is 0.167. The molecule has 0 aliphatic carbocycles. The van der Waals surface area contributed by atoms with Gasteiger partial charge in [0.15, 0.2) is 5.67 Å². The van der Waals surface area contributed by atoms with Crippen molar-refractivity contribution in [1.29, 1.82) is 0 Å². The van der Waals surface area contributed by atoms with E-state index in [4.69, 9.17) is 14.6 Å². The number of halogens is 1. The van der Waals surface area contributed by atoms with E-state index in [0.717, 1.165) is 18.2 Å². The lowest BCUT2D eigenvalue weighted by Crippen LogP contribution is -2.41. The van der Waals surface area contributed by atoms with Gasteiger partial charge in [0.2, 0.25) is 0 Å². The van der Waals surface area contributed by atoms with E-state index in [1.165, 1.54) is 0 Å². The summed E-state index contributed by atoms with van der Waals surface area (Å²) < 4.78 is 23.7. The molecule has 0 saturated heterocycles. The Balaban J connectivity index is 2.37. The molecule has 0 aromatic heterocycles. The van der Waals surface area contributed by atoms with Crippen LogP contribution in [0.5, 0.6) is 5.75 Å². The van der Waals surface area contributed by atoms with E-state index in [-0.39, 0.29) is 13.2 Å². The van der Waals surface area contributed by atoms with Crippen molar-refractivity contribution in [2.24, 2.45) is 0 Å². The zero-order chi connectivity index (χ0) is 13.6. The molecule has 0 fully saturated rings. The maximum atomic E-state index is 13.4. The van der Waals surface area contributed by atoms with Gasteiger partial charge in [0.25, 0.3) is 0 Å². The Labute approximate surface area is 106 Å². The van der Waals surface area contributed by atoms with Crippen LogP contribution in [0.4, 0.5) is 4.39 Å². The molecule has 0 amide bonds. The van der Waals surface area contributed by atoms with Crippen molar-refractivity contribution in [3.8, 4) is 5.75 Å². The van der Waals surface area contributed by atoms with Crippen LogP contribution in [0.15, 0.2) is 24.3 Å². The molecule has 0 radical (unpaired) electrons. The molecule has 2 unspecified atom stereocenters. The van der Waals surface area contributed by atoms with Crippen LogP contribution < -0.4 is 4.74 Å². The van der Waals surface area contributed by atoms with Gasteiger partial charge in [-0.2, -0.15) is 0 Å². The van der Waals surface area contributed by atoms with Gasteiger partial charge in [0.1, 0.15) is 11.9 Å². The average molecular weight is 258 g/mol. The topological polar surface area (TPSA) is 58.9 Å². The quantitative estimate of drug-likeness (QED) is 0.774. The fourth-order valence-electron chi connectivity index (χ4n) is 1.29. The molecule has 0 aliphatic rings. The number of aliphatic hydroxyl groups excluding tert-OH is 2. The number of hydrogen-bond acceptors (Lipinski definition) is 4. The standard InChI is InChI=1S/C13H19FO4/c1-13(14,9-15)12(16)8-18-7-10-3-5-11(17-2)6-4-10/h3-6,12,15-16H,7-9H2,1-2H3. The lowest BCUT2D eigenvalue weighted by molar-refractivity contribution is -0.0766. The van der Waals surface area contributed by atoms with E-state index < -0.39 is 18.4 Å². The third-order valence-corrected chi connectivity index (χ3v) is 2.71. The average Bonchev–Trinajstić information content (AvgIpc) is 2.39. The van der Waals surface area contributed by atoms with Gasteiger partial charge < -0.3 is 19.7 Å². The van der Waals surface area contributed by atoms with Crippen LogP contribution in [0, 0.1) is 0 Å². The summed E-state index contributed by atoms with van der Waals surface area (Å²) in [6.45, 7) is 0.497. The first-order valence-corrected chi connectivity index (χ1v) is 5.68.